The Balaban J connectivity index is 1.05. The Hall–Kier alpha value is -11.1. The number of aliphatic carboxylic acids is 1. The number of primary amides is 1. The second-order valence-corrected chi connectivity index (χ2v) is 30.7. The minimum absolute atomic E-state index is 0.112. The van der Waals surface area contributed by atoms with E-state index >= 15 is 14.4 Å². The van der Waals surface area contributed by atoms with Crippen LogP contribution in [0, 0.1) is 5.92 Å². The summed E-state index contributed by atoms with van der Waals surface area (Å²) >= 11 is 20.5. The summed E-state index contributed by atoms with van der Waals surface area (Å²) in [5.41, 5.74) is 13.9. The number of nitrogens with zero attached hydrogens (tertiary/aromatic N) is 3. The number of carboxylic acid groups (broad SMARTS) is 1. The molecule has 7 aliphatic heterocycles. The lowest BCUT2D eigenvalue weighted by molar-refractivity contribution is -0.331. The van der Waals surface area contributed by atoms with E-state index in [-0.39, 0.29) is 52.8 Å². The maximum atomic E-state index is 16.2. The summed E-state index contributed by atoms with van der Waals surface area (Å²) in [7, 11) is 1.47. The minimum Gasteiger partial charge on any atom is -0.508 e. The predicted octanol–water partition coefficient (Wildman–Crippen LogP) is 5.58. The molecule has 0 saturated carbocycles. The first-order valence-electron chi connectivity index (χ1n) is 36.8. The number of carbonyl (C=O) groups is 8. The van der Waals surface area contributed by atoms with Gasteiger partial charge in [0.05, 0.1) is 47.4 Å². The average Bonchev–Trinajstić information content (AvgIpc) is 0.766. The average molecular weight is 1670 g/mol. The van der Waals surface area contributed by atoms with E-state index in [9.17, 15) is 75.5 Å². The van der Waals surface area contributed by atoms with E-state index in [0.717, 1.165) is 83.4 Å². The molecule has 18 atom stereocenters. The number of carboxylic acids is 1. The number of nitrogens with two attached hydrogens (primary N) is 1. The summed E-state index contributed by atoms with van der Waals surface area (Å²) in [6.45, 7) is 6.42. The first kappa shape index (κ1) is 85.3. The van der Waals surface area contributed by atoms with Gasteiger partial charge in [-0.05, 0) is 144 Å². The zero-order valence-corrected chi connectivity index (χ0v) is 65.1. The van der Waals surface area contributed by atoms with Gasteiger partial charge in [-0.2, -0.15) is 0 Å². The number of aliphatic hydroxyl groups is 5. The van der Waals surface area contributed by atoms with E-state index < -0.39 is 237 Å². The van der Waals surface area contributed by atoms with Gasteiger partial charge in [0.2, 0.25) is 53.4 Å². The lowest BCUT2D eigenvalue weighted by Crippen LogP contribution is -2.65. The van der Waals surface area contributed by atoms with E-state index in [1.807, 2.05) is 50.2 Å². The topological polar surface area (TPSA) is 545 Å². The number of phenols is 3. The Bertz CT molecular complexity index is 5050. The third kappa shape index (κ3) is 18.8. The van der Waals surface area contributed by atoms with Crippen LogP contribution < -0.4 is 62.5 Å². The van der Waals surface area contributed by atoms with Crippen molar-refractivity contribution in [1.82, 2.24) is 42.5 Å². The number of benzene rings is 7. The number of phenolic OH excluding ortho intramolecular Hbond substituents is 3. The number of carbonyl (C=O) groups excluding carboxylic acids is 7. The van der Waals surface area contributed by atoms with Gasteiger partial charge in [0.25, 0.3) is 0 Å². The SMILES string of the molecule is CN[C@@H](CC(C)C)C(=O)N[C@H]1C(=O)N[C@@H](CC(N)=O)C(=O)N[C@H]2C(=O)N[C@H]3C(=O)N[C@H](C(=O)N[C@@H](C(=O)O)c4cc(O)cc(O)c4-c4cc3ccc4O)[C@H](O)c3ccc(c(Cl)c3)Oc3cc2cc(c3OC2OC(CN=[N+]=[N-])C(O)C(O)C2OC2CC(C)(NCc3ccc(-c4ccc(Cl)cc4)cc3)C(O)C(C)O2)Oc2ccc(cc2Cl)[C@H]1O. The standard InChI is InChI=1S/C79H83Cl3N12O23/c1-32(2)20-47(85-5)71(104)92-62-64(99)38-13-18-51(45(81)22-38)113-53-24-40-25-54(68(53)117-78-69(67(102)66(101)55(115-78)31-87-94-84)116-57-29-79(4,70(103)33(3)112-57)86-30-34-6-8-35(9-7-34)36-10-15-41(80)16-11-36)114-52-19-14-39(23-46(52)82)65(100)63-76(109)91-61(77(110)111)44-26-42(95)27-50(97)58(44)43-21-37(12-17-49(43)96)59(73(106)93-63)90-74(107)60(40)89-72(105)48(28-56(83)98)88-75(62)108/h6-19,21-27,32-33,47-48,55,57,59-67,69-70,78,85-86,95-97,99-103H,20,28-31H2,1-5H3,(H2,83,98)(H,88,108)(H,89,105)(H,90,107)(H,91,109)(H,92,104)(H,93,106)(H,110,111)/t33?,47-,48-,55?,57?,59+,60+,61+,62+,63-,64+,65+,66?,67?,69?,70?,78?,79?/m0/s1. The molecule has 7 aromatic carbocycles. The van der Waals surface area contributed by atoms with Crippen molar-refractivity contribution in [2.75, 3.05) is 13.6 Å². The number of ether oxygens (including phenoxy) is 6. The fourth-order valence-corrected chi connectivity index (χ4v) is 15.1. The molecule has 618 valence electrons. The summed E-state index contributed by atoms with van der Waals surface area (Å²) in [6, 6.07) is 14.1. The number of aliphatic hydroxyl groups excluding tert-OH is 5. The number of fused-ring (bicyclic) bond motifs is 15. The number of hydrogen-bond acceptors (Lipinski definition) is 25. The number of rotatable bonds is 18. The lowest BCUT2D eigenvalue weighted by Gasteiger charge is -2.48. The van der Waals surface area contributed by atoms with Crippen LogP contribution in [0.15, 0.2) is 133 Å². The van der Waals surface area contributed by atoms with Crippen molar-refractivity contribution in [2.24, 2.45) is 16.8 Å². The van der Waals surface area contributed by atoms with Crippen molar-refractivity contribution in [3.05, 3.63) is 186 Å². The van der Waals surface area contributed by atoms with Crippen LogP contribution in [0.5, 0.6) is 46.0 Å². The van der Waals surface area contributed by atoms with E-state index in [0.29, 0.717) is 5.02 Å². The third-order valence-electron chi connectivity index (χ3n) is 20.7. The molecule has 2 saturated heterocycles. The summed E-state index contributed by atoms with van der Waals surface area (Å²) in [4.78, 5) is 121. The quantitative estimate of drug-likeness (QED) is 0.0283. The second-order valence-electron chi connectivity index (χ2n) is 29.4. The summed E-state index contributed by atoms with van der Waals surface area (Å²) in [5.74, 6) is -16.2. The number of amides is 7. The third-order valence-corrected chi connectivity index (χ3v) is 21.5. The van der Waals surface area contributed by atoms with Crippen molar-refractivity contribution in [3.63, 3.8) is 0 Å². The molecule has 117 heavy (non-hydrogen) atoms. The molecule has 35 nitrogen and oxygen atoms in total. The highest BCUT2D eigenvalue weighted by molar-refractivity contribution is 6.32. The van der Waals surface area contributed by atoms with Crippen LogP contribution in [-0.2, 0) is 59.1 Å². The molecule has 7 aliphatic rings. The highest BCUT2D eigenvalue weighted by Gasteiger charge is 2.52. The van der Waals surface area contributed by atoms with Crippen LogP contribution in [0.2, 0.25) is 15.1 Å². The van der Waals surface area contributed by atoms with Gasteiger partial charge in [0.15, 0.2) is 29.9 Å². The van der Waals surface area contributed by atoms with Gasteiger partial charge in [-0.3, -0.25) is 33.6 Å². The molecule has 0 radical (unpaired) electrons. The fraction of sp³-hybridized carbons (Fsp3) is 0.367. The van der Waals surface area contributed by atoms with E-state index in [4.69, 9.17) is 69.0 Å². The Kier molecular flexibility index (Phi) is 26.1. The first-order valence-corrected chi connectivity index (χ1v) is 37.9. The predicted molar refractivity (Wildman–Crippen MR) is 416 cm³/mol. The Labute approximate surface area is 681 Å². The molecule has 38 heteroatoms. The molecule has 0 aromatic heterocycles. The number of likely N-dealkylation sites (N-methyl/N-ethyl adjacent to an activating group) is 1. The molecule has 9 unspecified atom stereocenters. The molecular formula is C79H83Cl3N12O23. The zero-order chi connectivity index (χ0) is 84.3. The van der Waals surface area contributed by atoms with Crippen LogP contribution in [0.3, 0.4) is 0 Å². The van der Waals surface area contributed by atoms with E-state index in [1.165, 1.54) is 19.2 Å². The van der Waals surface area contributed by atoms with Gasteiger partial charge in [-0.1, -0.05) is 108 Å². The smallest absolute Gasteiger partial charge is 0.330 e. The lowest BCUT2D eigenvalue weighted by atomic mass is 9.84. The number of aromatic hydroxyl groups is 3. The zero-order valence-electron chi connectivity index (χ0n) is 62.8. The highest BCUT2D eigenvalue weighted by atomic mass is 35.5. The van der Waals surface area contributed by atoms with Gasteiger partial charge in [0.1, 0.15) is 83.4 Å². The molecule has 7 heterocycles. The normalized spacial score (nSPS) is 26.9. The molecule has 2 fully saturated rings. The molecular weight excluding hydrogens is 1590 g/mol. The molecule has 14 rings (SSSR count). The van der Waals surface area contributed by atoms with Crippen molar-refractivity contribution >= 4 is 82.1 Å². The number of hydrogen-bond donors (Lipinski definition) is 18. The number of halogens is 3. The molecule has 7 amide bonds. The monoisotopic (exact) mass is 1670 g/mol. The Morgan fingerprint density at radius 3 is 1.91 bits per heavy atom. The van der Waals surface area contributed by atoms with Crippen molar-refractivity contribution in [2.45, 2.75) is 163 Å². The van der Waals surface area contributed by atoms with Gasteiger partial charge in [-0.25, -0.2) is 4.79 Å². The van der Waals surface area contributed by atoms with Crippen molar-refractivity contribution in [3.8, 4) is 68.2 Å². The fourth-order valence-electron chi connectivity index (χ4n) is 14.5. The van der Waals surface area contributed by atoms with Gasteiger partial charge in [0, 0.05) is 51.2 Å². The minimum atomic E-state index is -2.38. The molecule has 0 spiro atoms. The molecule has 19 N–H and O–H groups in total. The number of nitrogens with one attached hydrogen (secondary N) is 8. The van der Waals surface area contributed by atoms with Crippen LogP contribution in [0.25, 0.3) is 32.7 Å². The maximum absolute atomic E-state index is 16.2. The van der Waals surface area contributed by atoms with Gasteiger partial charge in [-0.15, -0.1) is 0 Å². The van der Waals surface area contributed by atoms with Crippen LogP contribution >= 0.6 is 34.8 Å². The summed E-state index contributed by atoms with van der Waals surface area (Å²) < 4.78 is 39.7. The van der Waals surface area contributed by atoms with Gasteiger partial charge < -0.3 is 123 Å². The molecule has 7 aromatic rings. The molecule has 11 bridgehead atoms. The van der Waals surface area contributed by atoms with Crippen molar-refractivity contribution < 1.29 is 113 Å². The number of azide groups is 1. The molecule has 0 aliphatic carbocycles. The Morgan fingerprint density at radius 2 is 1.30 bits per heavy atom. The van der Waals surface area contributed by atoms with Crippen molar-refractivity contribution in [1.29, 1.82) is 0 Å². The van der Waals surface area contributed by atoms with Crippen LogP contribution in [0.1, 0.15) is 111 Å². The highest BCUT2D eigenvalue weighted by Crippen LogP contribution is 2.50. The summed E-state index contributed by atoms with van der Waals surface area (Å²) in [6.07, 6.45) is -18.8. The largest absolute Gasteiger partial charge is 0.508 e. The second kappa shape index (κ2) is 35.8. The van der Waals surface area contributed by atoms with E-state index in [1.54, 1.807) is 26.0 Å². The Morgan fingerprint density at radius 1 is 0.692 bits per heavy atom. The maximum Gasteiger partial charge on any atom is 0.330 e. The summed E-state index contributed by atoms with van der Waals surface area (Å²) in [5, 5.41) is 130. The van der Waals surface area contributed by atoms with E-state index in [2.05, 4.69) is 52.6 Å². The first-order chi connectivity index (χ1) is 55.6. The van der Waals surface area contributed by atoms with Gasteiger partial charge >= 0.3 is 5.97 Å². The van der Waals surface area contributed by atoms with Crippen LogP contribution in [0.4, 0.5) is 0 Å². The van der Waals surface area contributed by atoms with Crippen LogP contribution in [-0.4, -0.2) is 186 Å².